The molecule has 1 aliphatic heterocycles. The first kappa shape index (κ1) is 20.0. The number of anilines is 1. The topological polar surface area (TPSA) is 131 Å². The molecule has 1 unspecified atom stereocenters. The Morgan fingerprint density at radius 3 is 2.19 bits per heavy atom. The summed E-state index contributed by atoms with van der Waals surface area (Å²) in [4.78, 5) is 45.9. The number of hydrogen-bond acceptors (Lipinski definition) is 7. The van der Waals surface area contributed by atoms with Gasteiger partial charge in [-0.25, -0.2) is 14.4 Å². The summed E-state index contributed by atoms with van der Waals surface area (Å²) in [7, 11) is 0. The van der Waals surface area contributed by atoms with Gasteiger partial charge in [0.25, 0.3) is 5.79 Å². The molecule has 2 rings (SSSR count). The van der Waals surface area contributed by atoms with Crippen LogP contribution in [0.3, 0.4) is 0 Å². The van der Waals surface area contributed by atoms with Gasteiger partial charge in [0.1, 0.15) is 6.04 Å². The van der Waals surface area contributed by atoms with Crippen molar-refractivity contribution in [3.05, 3.63) is 41.6 Å². The molecule has 9 heteroatoms. The third kappa shape index (κ3) is 5.56. The number of aliphatic carboxylic acids is 1. The van der Waals surface area contributed by atoms with Gasteiger partial charge in [-0.1, -0.05) is 12.1 Å². The van der Waals surface area contributed by atoms with Crippen molar-refractivity contribution in [2.45, 2.75) is 39.0 Å². The third-order valence-electron chi connectivity index (χ3n) is 3.57. The highest BCUT2D eigenvalue weighted by molar-refractivity contribution is 6.15. The van der Waals surface area contributed by atoms with E-state index in [0.717, 1.165) is 0 Å². The number of carboxylic acids is 1. The second kappa shape index (κ2) is 7.90. The lowest BCUT2D eigenvalue weighted by atomic mass is 10.1. The smallest absolute Gasteiger partial charge is 0.350 e. The summed E-state index contributed by atoms with van der Waals surface area (Å²) in [6, 6.07) is 5.59. The number of carbonyl (C=O) groups excluding carboxylic acids is 3. The third-order valence-corrected chi connectivity index (χ3v) is 3.57. The van der Waals surface area contributed by atoms with E-state index in [4.69, 9.17) is 14.6 Å². The molecular weight excluding hydrogens is 356 g/mol. The van der Waals surface area contributed by atoms with Crippen molar-refractivity contribution in [3.63, 3.8) is 0 Å². The molecular formula is C18H20N2O7. The molecule has 1 aliphatic rings. The number of benzene rings is 1. The molecule has 1 aromatic carbocycles. The molecule has 1 fully saturated rings. The Hall–Kier alpha value is -3.36. The van der Waals surface area contributed by atoms with Crippen LogP contribution < -0.4 is 10.6 Å². The number of nitrogens with one attached hydrogen (secondary N) is 2. The predicted molar refractivity (Wildman–Crippen MR) is 93.4 cm³/mol. The minimum Gasteiger partial charge on any atom is -0.480 e. The highest BCUT2D eigenvalue weighted by Crippen LogP contribution is 2.22. The Labute approximate surface area is 155 Å². The molecule has 1 amide bonds. The van der Waals surface area contributed by atoms with Gasteiger partial charge in [0.05, 0.1) is 0 Å². The molecule has 0 saturated carbocycles. The van der Waals surface area contributed by atoms with Crippen LogP contribution in [0.4, 0.5) is 5.69 Å². The molecule has 1 aromatic rings. The number of hydrogen-bond donors (Lipinski definition) is 3. The fourth-order valence-corrected chi connectivity index (χ4v) is 2.35. The summed E-state index contributed by atoms with van der Waals surface area (Å²) in [6.45, 7) is 4.16. The first-order valence-corrected chi connectivity index (χ1v) is 8.09. The van der Waals surface area contributed by atoms with E-state index in [-0.39, 0.29) is 12.0 Å². The van der Waals surface area contributed by atoms with Crippen LogP contribution in [-0.4, -0.2) is 40.8 Å². The van der Waals surface area contributed by atoms with E-state index < -0.39 is 35.6 Å². The van der Waals surface area contributed by atoms with Crippen LogP contribution in [0.15, 0.2) is 36.0 Å². The molecule has 27 heavy (non-hydrogen) atoms. The van der Waals surface area contributed by atoms with Gasteiger partial charge in [0.15, 0.2) is 5.57 Å². The van der Waals surface area contributed by atoms with E-state index in [1.807, 2.05) is 0 Å². The molecule has 1 saturated heterocycles. The SMILES string of the molecule is CC(=O)NC(Cc1ccc(NC=C2C(=O)OC(C)(C)OC2=O)cc1)C(=O)O. The molecule has 0 bridgehead atoms. The fraction of sp³-hybridized carbons (Fsp3) is 0.333. The first-order valence-electron chi connectivity index (χ1n) is 8.09. The minimum atomic E-state index is -1.30. The molecule has 1 heterocycles. The van der Waals surface area contributed by atoms with Gasteiger partial charge in [0, 0.05) is 39.1 Å². The first-order chi connectivity index (χ1) is 12.6. The highest BCUT2D eigenvalue weighted by atomic mass is 16.7. The molecule has 3 N–H and O–H groups in total. The molecule has 0 aromatic heterocycles. The van der Waals surface area contributed by atoms with Gasteiger partial charge in [-0.05, 0) is 17.7 Å². The van der Waals surface area contributed by atoms with E-state index in [1.54, 1.807) is 24.3 Å². The molecule has 0 radical (unpaired) electrons. The molecule has 0 spiro atoms. The van der Waals surface area contributed by atoms with Crippen molar-refractivity contribution in [1.29, 1.82) is 0 Å². The van der Waals surface area contributed by atoms with E-state index >= 15 is 0 Å². The number of cyclic esters (lactones) is 2. The monoisotopic (exact) mass is 376 g/mol. The summed E-state index contributed by atoms with van der Waals surface area (Å²) in [5.74, 6) is -4.45. The van der Waals surface area contributed by atoms with Gasteiger partial charge in [-0.2, -0.15) is 0 Å². The lowest BCUT2D eigenvalue weighted by molar-refractivity contribution is -0.222. The lowest BCUT2D eigenvalue weighted by Crippen LogP contribution is -2.42. The Morgan fingerprint density at radius 2 is 1.70 bits per heavy atom. The summed E-state index contributed by atoms with van der Waals surface area (Å²) in [5, 5.41) is 14.3. The van der Waals surface area contributed by atoms with Crippen molar-refractivity contribution in [3.8, 4) is 0 Å². The zero-order chi connectivity index (χ0) is 20.2. The zero-order valence-electron chi connectivity index (χ0n) is 15.1. The highest BCUT2D eigenvalue weighted by Gasteiger charge is 2.38. The molecule has 9 nitrogen and oxygen atoms in total. The number of carbonyl (C=O) groups is 4. The van der Waals surface area contributed by atoms with Crippen LogP contribution in [0.1, 0.15) is 26.3 Å². The quantitative estimate of drug-likeness (QED) is 0.380. The molecule has 144 valence electrons. The van der Waals surface area contributed by atoms with Crippen molar-refractivity contribution in [2.24, 2.45) is 0 Å². The van der Waals surface area contributed by atoms with Crippen LogP contribution in [0.25, 0.3) is 0 Å². The van der Waals surface area contributed by atoms with Crippen LogP contribution in [0, 0.1) is 0 Å². The second-order valence-corrected chi connectivity index (χ2v) is 6.37. The Balaban J connectivity index is 2.03. The van der Waals surface area contributed by atoms with Crippen LogP contribution >= 0.6 is 0 Å². The lowest BCUT2D eigenvalue weighted by Gasteiger charge is -2.29. The standard InChI is InChI=1S/C18H20N2O7/c1-10(21)20-14(15(22)23)8-11-4-6-12(7-5-11)19-9-13-16(24)26-18(2,3)27-17(13)25/h4-7,9,14,19H,8H2,1-3H3,(H,20,21)(H,22,23). The number of amides is 1. The maximum Gasteiger partial charge on any atom is 0.350 e. The zero-order valence-corrected chi connectivity index (χ0v) is 15.1. The normalized spacial score (nSPS) is 16.6. The maximum atomic E-state index is 11.8. The van der Waals surface area contributed by atoms with Crippen molar-refractivity contribution < 1.29 is 33.8 Å². The fourth-order valence-electron chi connectivity index (χ4n) is 2.35. The van der Waals surface area contributed by atoms with E-state index in [9.17, 15) is 19.2 Å². The minimum absolute atomic E-state index is 0.115. The van der Waals surface area contributed by atoms with Crippen LogP contribution in [0.5, 0.6) is 0 Å². The largest absolute Gasteiger partial charge is 0.480 e. The molecule has 0 aliphatic carbocycles. The van der Waals surface area contributed by atoms with Crippen LogP contribution in [0.2, 0.25) is 0 Å². The number of carboxylic acid groups (broad SMARTS) is 1. The Kier molecular flexibility index (Phi) is 5.84. The molecule has 1 atom stereocenters. The number of esters is 2. The van der Waals surface area contributed by atoms with E-state index in [2.05, 4.69) is 10.6 Å². The summed E-state index contributed by atoms with van der Waals surface area (Å²) in [5.41, 5.74) is 0.977. The van der Waals surface area contributed by atoms with Crippen molar-refractivity contribution >= 4 is 29.5 Å². The maximum absolute atomic E-state index is 11.8. The predicted octanol–water partition coefficient (Wildman–Crippen LogP) is 0.950. The summed E-state index contributed by atoms with van der Waals surface area (Å²) in [6.07, 6.45) is 1.30. The summed E-state index contributed by atoms with van der Waals surface area (Å²) < 4.78 is 9.96. The van der Waals surface area contributed by atoms with Crippen molar-refractivity contribution in [1.82, 2.24) is 5.32 Å². The average Bonchev–Trinajstić information content (AvgIpc) is 2.53. The number of ether oxygens (including phenoxy) is 2. The van der Waals surface area contributed by atoms with Gasteiger partial charge in [0.2, 0.25) is 5.91 Å². The average molecular weight is 376 g/mol. The van der Waals surface area contributed by atoms with E-state index in [0.29, 0.717) is 11.3 Å². The number of rotatable bonds is 6. The van der Waals surface area contributed by atoms with E-state index in [1.165, 1.54) is 27.0 Å². The van der Waals surface area contributed by atoms with Gasteiger partial charge in [-0.3, -0.25) is 4.79 Å². The summed E-state index contributed by atoms with van der Waals surface area (Å²) >= 11 is 0. The van der Waals surface area contributed by atoms with Gasteiger partial charge < -0.3 is 25.2 Å². The van der Waals surface area contributed by atoms with Crippen LogP contribution in [-0.2, 0) is 35.1 Å². The van der Waals surface area contributed by atoms with Gasteiger partial charge in [-0.15, -0.1) is 0 Å². The Morgan fingerprint density at radius 1 is 1.15 bits per heavy atom. The Bertz CT molecular complexity index is 774. The van der Waals surface area contributed by atoms with Crippen molar-refractivity contribution in [2.75, 3.05) is 5.32 Å². The van der Waals surface area contributed by atoms with Gasteiger partial charge >= 0.3 is 17.9 Å². The second-order valence-electron chi connectivity index (χ2n) is 6.37.